The maximum atomic E-state index is 10.8. The Labute approximate surface area is 123 Å². The molecule has 0 spiro atoms. The van der Waals surface area contributed by atoms with Crippen LogP contribution in [0, 0.1) is 10.1 Å². The van der Waals surface area contributed by atoms with Crippen molar-refractivity contribution in [3.05, 3.63) is 57.5 Å². The van der Waals surface area contributed by atoms with Gasteiger partial charge in [0.05, 0.1) is 12.3 Å². The van der Waals surface area contributed by atoms with Crippen molar-refractivity contribution < 1.29 is 9.45 Å². The highest BCUT2D eigenvalue weighted by atomic mass is 35.5. The van der Waals surface area contributed by atoms with E-state index in [1.165, 1.54) is 16.9 Å². The topological polar surface area (TPSA) is 99.9 Å². The molecule has 0 bridgehead atoms. The van der Waals surface area contributed by atoms with Crippen LogP contribution in [0.25, 0.3) is 11.5 Å². The van der Waals surface area contributed by atoms with Gasteiger partial charge in [-0.3, -0.25) is 0 Å². The summed E-state index contributed by atoms with van der Waals surface area (Å²) in [5, 5.41) is 19.1. The summed E-state index contributed by atoms with van der Waals surface area (Å²) in [5.41, 5.74) is 0.716. The van der Waals surface area contributed by atoms with Crippen molar-refractivity contribution in [1.82, 2.24) is 19.9 Å². The average molecular weight is 306 g/mol. The van der Waals surface area contributed by atoms with Crippen molar-refractivity contribution in [3.63, 3.8) is 0 Å². The molecule has 0 aliphatic carbocycles. The highest BCUT2D eigenvalue weighted by Gasteiger charge is 2.17. The molecule has 21 heavy (non-hydrogen) atoms. The third-order valence-corrected chi connectivity index (χ3v) is 2.98. The molecule has 0 unspecified atom stereocenters. The van der Waals surface area contributed by atoms with Crippen LogP contribution in [0.3, 0.4) is 0 Å². The molecule has 8 nitrogen and oxygen atoms in total. The van der Waals surface area contributed by atoms with E-state index in [-0.39, 0.29) is 12.4 Å². The molecule has 1 aromatic carbocycles. The minimum Gasteiger partial charge on any atom is -0.358 e. The van der Waals surface area contributed by atoms with Crippen LogP contribution in [-0.4, -0.2) is 24.8 Å². The maximum absolute atomic E-state index is 10.8. The fraction of sp³-hybridized carbons (Fsp3) is 0.0833. The molecule has 0 aliphatic rings. The van der Waals surface area contributed by atoms with Gasteiger partial charge in [-0.15, -0.1) is 4.68 Å². The summed E-state index contributed by atoms with van der Waals surface area (Å²) in [7, 11) is 0. The zero-order chi connectivity index (χ0) is 14.8. The van der Waals surface area contributed by atoms with Crippen LogP contribution in [-0.2, 0) is 6.54 Å². The smallest absolute Gasteiger partial charge is 0.345 e. The number of hydrogen-bond donors (Lipinski definition) is 0. The van der Waals surface area contributed by atoms with Crippen LogP contribution in [0.15, 0.2) is 41.1 Å². The summed E-state index contributed by atoms with van der Waals surface area (Å²) in [4.78, 5) is 14.5. The lowest BCUT2D eigenvalue weighted by atomic mass is 10.2. The fourth-order valence-corrected chi connectivity index (χ4v) is 1.89. The van der Waals surface area contributed by atoms with Crippen molar-refractivity contribution >= 4 is 17.4 Å². The molecule has 0 saturated carbocycles. The van der Waals surface area contributed by atoms with Gasteiger partial charge in [-0.1, -0.05) is 21.9 Å². The van der Waals surface area contributed by atoms with Crippen molar-refractivity contribution in [2.45, 2.75) is 6.54 Å². The Balaban J connectivity index is 1.83. The highest BCUT2D eigenvalue weighted by Crippen LogP contribution is 2.20. The number of hydrogen-bond acceptors (Lipinski definition) is 6. The molecular formula is C12H8ClN5O3. The van der Waals surface area contributed by atoms with E-state index in [0.29, 0.717) is 22.3 Å². The number of benzene rings is 1. The normalized spacial score (nSPS) is 10.7. The molecule has 0 amide bonds. The second kappa shape index (κ2) is 5.33. The third kappa shape index (κ3) is 2.75. The Hall–Kier alpha value is -2.74. The number of rotatable bonds is 4. The molecule has 0 aliphatic heterocycles. The summed E-state index contributed by atoms with van der Waals surface area (Å²) in [5.74, 6) is 0.482. The van der Waals surface area contributed by atoms with E-state index >= 15 is 0 Å². The second-order valence-corrected chi connectivity index (χ2v) is 4.56. The first-order chi connectivity index (χ1) is 10.1. The zero-order valence-electron chi connectivity index (χ0n) is 10.5. The predicted octanol–water partition coefficient (Wildman–Crippen LogP) is 2.54. The van der Waals surface area contributed by atoms with Gasteiger partial charge in [0.25, 0.3) is 5.89 Å². The number of aromatic nitrogens is 4. The quantitative estimate of drug-likeness (QED) is 0.542. The van der Waals surface area contributed by atoms with Crippen LogP contribution in [0.5, 0.6) is 0 Å². The molecular weight excluding hydrogens is 298 g/mol. The Bertz CT molecular complexity index is 780. The summed E-state index contributed by atoms with van der Waals surface area (Å²) < 4.78 is 6.32. The molecule has 3 aromatic rings. The van der Waals surface area contributed by atoms with Crippen molar-refractivity contribution in [1.29, 1.82) is 0 Å². The fourth-order valence-electron chi connectivity index (χ4n) is 1.76. The van der Waals surface area contributed by atoms with Gasteiger partial charge in [0.15, 0.2) is 6.54 Å². The minimum atomic E-state index is -0.521. The van der Waals surface area contributed by atoms with E-state index in [9.17, 15) is 10.1 Å². The molecule has 3 rings (SSSR count). The molecule has 0 fully saturated rings. The molecule has 0 radical (unpaired) electrons. The van der Waals surface area contributed by atoms with Gasteiger partial charge in [-0.05, 0) is 29.2 Å². The van der Waals surface area contributed by atoms with Crippen LogP contribution in [0.4, 0.5) is 5.82 Å². The summed E-state index contributed by atoms with van der Waals surface area (Å²) >= 11 is 5.80. The van der Waals surface area contributed by atoms with Gasteiger partial charge in [-0.2, -0.15) is 4.98 Å². The maximum Gasteiger partial charge on any atom is 0.345 e. The Morgan fingerprint density at radius 2 is 2.05 bits per heavy atom. The van der Waals surface area contributed by atoms with E-state index in [2.05, 4.69) is 15.2 Å². The largest absolute Gasteiger partial charge is 0.358 e. The summed E-state index contributed by atoms with van der Waals surface area (Å²) in [6, 6.07) is 8.21. The van der Waals surface area contributed by atoms with E-state index in [0.717, 1.165) is 0 Å². The van der Waals surface area contributed by atoms with Crippen LogP contribution in [0.2, 0.25) is 5.02 Å². The molecule has 0 atom stereocenters. The molecule has 9 heteroatoms. The first-order valence-electron chi connectivity index (χ1n) is 5.88. The summed E-state index contributed by atoms with van der Waals surface area (Å²) in [6.07, 6.45) is 1.35. The van der Waals surface area contributed by atoms with Gasteiger partial charge in [0, 0.05) is 10.6 Å². The Morgan fingerprint density at radius 3 is 2.76 bits per heavy atom. The SMILES string of the molecule is O=[N+]([O-])c1ccnn1Cc1noc(-c2ccc(Cl)cc2)n1. The molecule has 2 heterocycles. The highest BCUT2D eigenvalue weighted by molar-refractivity contribution is 6.30. The average Bonchev–Trinajstić information content (AvgIpc) is 3.09. The van der Waals surface area contributed by atoms with Gasteiger partial charge in [0.1, 0.15) is 0 Å². The molecule has 0 saturated heterocycles. The zero-order valence-corrected chi connectivity index (χ0v) is 11.3. The first kappa shape index (κ1) is 13.3. The molecule has 0 N–H and O–H groups in total. The standard InChI is InChI=1S/C12H8ClN5O3/c13-9-3-1-8(2-4-9)12-15-10(16-21-12)7-17-11(18(19)20)5-6-14-17/h1-6H,7H2. The van der Waals surface area contributed by atoms with Crippen LogP contribution >= 0.6 is 11.6 Å². The Kier molecular flexibility index (Phi) is 3.36. The van der Waals surface area contributed by atoms with Gasteiger partial charge < -0.3 is 14.6 Å². The number of nitro groups is 1. The van der Waals surface area contributed by atoms with Gasteiger partial charge in [-0.25, -0.2) is 0 Å². The van der Waals surface area contributed by atoms with Crippen LogP contribution in [0.1, 0.15) is 5.82 Å². The van der Waals surface area contributed by atoms with Crippen molar-refractivity contribution in [2.75, 3.05) is 0 Å². The molecule has 106 valence electrons. The van der Waals surface area contributed by atoms with Gasteiger partial charge >= 0.3 is 5.82 Å². The van der Waals surface area contributed by atoms with Crippen molar-refractivity contribution in [3.8, 4) is 11.5 Å². The minimum absolute atomic E-state index is 0.0560. The van der Waals surface area contributed by atoms with E-state index in [1.807, 2.05) is 0 Å². The Morgan fingerprint density at radius 1 is 1.29 bits per heavy atom. The lowest BCUT2D eigenvalue weighted by Crippen LogP contribution is -2.07. The lowest BCUT2D eigenvalue weighted by Gasteiger charge is -1.95. The number of halogens is 1. The van der Waals surface area contributed by atoms with Crippen molar-refractivity contribution in [2.24, 2.45) is 0 Å². The summed E-state index contributed by atoms with van der Waals surface area (Å²) in [6.45, 7) is 0.0560. The number of nitrogens with zero attached hydrogens (tertiary/aromatic N) is 5. The van der Waals surface area contributed by atoms with E-state index in [4.69, 9.17) is 16.1 Å². The second-order valence-electron chi connectivity index (χ2n) is 4.13. The van der Waals surface area contributed by atoms with Gasteiger partial charge in [0.2, 0.25) is 5.82 Å². The van der Waals surface area contributed by atoms with Crippen LogP contribution < -0.4 is 0 Å². The predicted molar refractivity (Wildman–Crippen MR) is 72.7 cm³/mol. The lowest BCUT2D eigenvalue weighted by molar-refractivity contribution is -0.392. The monoisotopic (exact) mass is 305 g/mol. The molecule has 2 aromatic heterocycles. The third-order valence-electron chi connectivity index (χ3n) is 2.73. The van der Waals surface area contributed by atoms with E-state index < -0.39 is 4.92 Å². The van der Waals surface area contributed by atoms with E-state index in [1.54, 1.807) is 24.3 Å². The first-order valence-corrected chi connectivity index (χ1v) is 6.26.